The van der Waals surface area contributed by atoms with Crippen LogP contribution in [-0.4, -0.2) is 23.2 Å². The van der Waals surface area contributed by atoms with Crippen LogP contribution in [0.15, 0.2) is 29.3 Å². The number of amides is 1. The molecular weight excluding hydrogens is 256 g/mol. The quantitative estimate of drug-likeness (QED) is 0.915. The second-order valence-corrected chi connectivity index (χ2v) is 5.84. The highest BCUT2D eigenvalue weighted by molar-refractivity contribution is 8.14. The minimum absolute atomic E-state index is 0.0424. The first-order valence-electron chi connectivity index (χ1n) is 6.77. The molecule has 1 aliphatic heterocycles. The first kappa shape index (κ1) is 14.1. The van der Waals surface area contributed by atoms with E-state index in [0.29, 0.717) is 5.75 Å². The zero-order valence-corrected chi connectivity index (χ0v) is 12.1. The molecule has 102 valence electrons. The first-order chi connectivity index (χ1) is 9.24. The fraction of sp³-hybridized carbons (Fsp3) is 0.467. The van der Waals surface area contributed by atoms with Gasteiger partial charge in [-0.05, 0) is 38.3 Å². The second-order valence-electron chi connectivity index (χ2n) is 4.79. The summed E-state index contributed by atoms with van der Waals surface area (Å²) in [7, 11) is 0. The lowest BCUT2D eigenvalue weighted by atomic mass is 10.2. The Kier molecular flexibility index (Phi) is 5.45. The van der Waals surface area contributed by atoms with Crippen LogP contribution < -0.4 is 5.32 Å². The van der Waals surface area contributed by atoms with Gasteiger partial charge in [0.2, 0.25) is 5.91 Å². The molecule has 0 aromatic heterocycles. The van der Waals surface area contributed by atoms with Crippen molar-refractivity contribution in [2.45, 2.75) is 32.6 Å². The van der Waals surface area contributed by atoms with Crippen LogP contribution >= 0.6 is 11.8 Å². The van der Waals surface area contributed by atoms with Crippen LogP contribution in [0.1, 0.15) is 31.2 Å². The monoisotopic (exact) mass is 276 g/mol. The molecule has 1 heterocycles. The summed E-state index contributed by atoms with van der Waals surface area (Å²) < 4.78 is 0. The van der Waals surface area contributed by atoms with E-state index in [-0.39, 0.29) is 5.91 Å². The van der Waals surface area contributed by atoms with Crippen LogP contribution in [0.4, 0.5) is 5.69 Å². The molecule has 0 saturated carbocycles. The van der Waals surface area contributed by atoms with Crippen LogP contribution in [0.5, 0.6) is 0 Å². The second kappa shape index (κ2) is 7.34. The third-order valence-electron chi connectivity index (χ3n) is 3.04. The Bertz CT molecular complexity index is 454. The fourth-order valence-electron chi connectivity index (χ4n) is 1.95. The number of aliphatic imine (C=N–C) groups is 1. The smallest absolute Gasteiger partial charge is 0.234 e. The van der Waals surface area contributed by atoms with Gasteiger partial charge < -0.3 is 5.32 Å². The predicted molar refractivity (Wildman–Crippen MR) is 83.0 cm³/mol. The van der Waals surface area contributed by atoms with Crippen LogP contribution in [0.25, 0.3) is 0 Å². The summed E-state index contributed by atoms with van der Waals surface area (Å²) in [5, 5.41) is 4.05. The third-order valence-corrected chi connectivity index (χ3v) is 4.12. The molecular formula is C15H20N2OS. The zero-order chi connectivity index (χ0) is 13.5. The Morgan fingerprint density at radius 3 is 2.84 bits per heavy atom. The molecule has 0 aliphatic carbocycles. The van der Waals surface area contributed by atoms with Crippen molar-refractivity contribution >= 4 is 28.4 Å². The van der Waals surface area contributed by atoms with Gasteiger partial charge in [0.1, 0.15) is 0 Å². The van der Waals surface area contributed by atoms with E-state index >= 15 is 0 Å². The normalized spacial score (nSPS) is 15.5. The van der Waals surface area contributed by atoms with Crippen LogP contribution in [0.3, 0.4) is 0 Å². The van der Waals surface area contributed by atoms with Crippen molar-refractivity contribution in [3.63, 3.8) is 0 Å². The molecule has 0 fully saturated rings. The molecule has 4 heteroatoms. The number of rotatable bonds is 3. The Morgan fingerprint density at radius 1 is 1.26 bits per heavy atom. The number of hydrogen-bond acceptors (Lipinski definition) is 3. The lowest BCUT2D eigenvalue weighted by Gasteiger charge is -2.06. The van der Waals surface area contributed by atoms with E-state index in [0.717, 1.165) is 23.7 Å². The van der Waals surface area contributed by atoms with E-state index in [4.69, 9.17) is 0 Å². The highest BCUT2D eigenvalue weighted by Gasteiger charge is 2.08. The zero-order valence-electron chi connectivity index (χ0n) is 11.3. The number of nitrogens with one attached hydrogen (secondary N) is 1. The Morgan fingerprint density at radius 2 is 2.05 bits per heavy atom. The van der Waals surface area contributed by atoms with Crippen molar-refractivity contribution in [1.82, 2.24) is 0 Å². The highest BCUT2D eigenvalue weighted by atomic mass is 32.2. The van der Waals surface area contributed by atoms with E-state index in [2.05, 4.69) is 10.3 Å². The van der Waals surface area contributed by atoms with Gasteiger partial charge in [-0.3, -0.25) is 9.79 Å². The lowest BCUT2D eigenvalue weighted by molar-refractivity contribution is -0.113. The minimum atomic E-state index is 0.0424. The molecule has 1 aromatic carbocycles. The minimum Gasteiger partial charge on any atom is -0.325 e. The Hall–Kier alpha value is -1.29. The maximum absolute atomic E-state index is 11.8. The van der Waals surface area contributed by atoms with E-state index < -0.39 is 0 Å². The highest BCUT2D eigenvalue weighted by Crippen LogP contribution is 2.16. The third kappa shape index (κ3) is 5.07. The standard InChI is InChI=1S/C15H20N2OS/c1-12-6-8-13(9-7-12)17-14(18)11-19-15-5-3-2-4-10-16-15/h6-9H,2-5,10-11H2,1H3,(H,17,18). The van der Waals surface area contributed by atoms with Crippen molar-refractivity contribution in [1.29, 1.82) is 0 Å². The van der Waals surface area contributed by atoms with Gasteiger partial charge in [0.05, 0.1) is 10.8 Å². The molecule has 1 N–H and O–H groups in total. The van der Waals surface area contributed by atoms with E-state index in [1.54, 1.807) is 11.8 Å². The average molecular weight is 276 g/mol. The average Bonchev–Trinajstić information content (AvgIpc) is 2.68. The molecule has 19 heavy (non-hydrogen) atoms. The molecule has 3 nitrogen and oxygen atoms in total. The summed E-state index contributed by atoms with van der Waals surface area (Å²) in [5.74, 6) is 0.494. The summed E-state index contributed by atoms with van der Waals surface area (Å²) in [6.45, 7) is 2.95. The van der Waals surface area contributed by atoms with Gasteiger partial charge in [0.15, 0.2) is 0 Å². The number of anilines is 1. The van der Waals surface area contributed by atoms with Gasteiger partial charge >= 0.3 is 0 Å². The molecule has 0 unspecified atom stereocenters. The summed E-state index contributed by atoms with van der Waals surface area (Å²) in [6, 6.07) is 7.86. The number of aryl methyl sites for hydroxylation is 1. The molecule has 0 atom stereocenters. The number of benzene rings is 1. The van der Waals surface area contributed by atoms with Crippen LogP contribution in [-0.2, 0) is 4.79 Å². The maximum atomic E-state index is 11.8. The number of thioether (sulfide) groups is 1. The van der Waals surface area contributed by atoms with Crippen molar-refractivity contribution in [3.8, 4) is 0 Å². The van der Waals surface area contributed by atoms with Gasteiger partial charge in [-0.2, -0.15) is 0 Å². The van der Waals surface area contributed by atoms with Crippen LogP contribution in [0.2, 0.25) is 0 Å². The van der Waals surface area contributed by atoms with Crippen molar-refractivity contribution < 1.29 is 4.79 Å². The summed E-state index contributed by atoms with van der Waals surface area (Å²) in [4.78, 5) is 16.4. The van der Waals surface area contributed by atoms with E-state index in [1.165, 1.54) is 24.8 Å². The molecule has 2 rings (SSSR count). The number of hydrogen-bond donors (Lipinski definition) is 1. The molecule has 0 saturated heterocycles. The molecule has 0 radical (unpaired) electrons. The molecule has 0 spiro atoms. The topological polar surface area (TPSA) is 41.5 Å². The first-order valence-corrected chi connectivity index (χ1v) is 7.75. The van der Waals surface area contributed by atoms with Crippen molar-refractivity contribution in [2.75, 3.05) is 17.6 Å². The number of nitrogens with zero attached hydrogens (tertiary/aromatic N) is 1. The van der Waals surface area contributed by atoms with E-state index in [1.807, 2.05) is 31.2 Å². The lowest BCUT2D eigenvalue weighted by Crippen LogP contribution is -2.15. The van der Waals surface area contributed by atoms with Gasteiger partial charge in [0, 0.05) is 12.2 Å². The summed E-state index contributed by atoms with van der Waals surface area (Å²) in [5.41, 5.74) is 2.05. The number of carbonyl (C=O) groups is 1. The Balaban J connectivity index is 1.78. The molecule has 0 bridgehead atoms. The van der Waals surface area contributed by atoms with E-state index in [9.17, 15) is 4.79 Å². The van der Waals surface area contributed by atoms with Gasteiger partial charge in [-0.15, -0.1) is 11.8 Å². The largest absolute Gasteiger partial charge is 0.325 e. The molecule has 1 aliphatic rings. The SMILES string of the molecule is Cc1ccc(NC(=O)CSC2=NCCCCC2)cc1. The van der Waals surface area contributed by atoms with Crippen LogP contribution in [0, 0.1) is 6.92 Å². The summed E-state index contributed by atoms with van der Waals surface area (Å²) >= 11 is 1.58. The summed E-state index contributed by atoms with van der Waals surface area (Å²) in [6.07, 6.45) is 4.66. The molecule has 1 aromatic rings. The van der Waals surface area contributed by atoms with Gasteiger partial charge in [0.25, 0.3) is 0 Å². The van der Waals surface area contributed by atoms with Crippen molar-refractivity contribution in [3.05, 3.63) is 29.8 Å². The fourth-order valence-corrected chi connectivity index (χ4v) is 2.79. The number of carbonyl (C=O) groups excluding carboxylic acids is 1. The van der Waals surface area contributed by atoms with Gasteiger partial charge in [-0.25, -0.2) is 0 Å². The Labute approximate surface area is 118 Å². The molecule has 1 amide bonds. The van der Waals surface area contributed by atoms with Crippen molar-refractivity contribution in [2.24, 2.45) is 4.99 Å². The van der Waals surface area contributed by atoms with Gasteiger partial charge in [-0.1, -0.05) is 24.1 Å². The predicted octanol–water partition coefficient (Wildman–Crippen LogP) is 3.64. The maximum Gasteiger partial charge on any atom is 0.234 e.